The quantitative estimate of drug-likeness (QED) is 0.899. The van der Waals surface area contributed by atoms with Crippen molar-refractivity contribution in [2.45, 2.75) is 25.8 Å². The molecule has 0 aromatic heterocycles. The van der Waals surface area contributed by atoms with Crippen molar-refractivity contribution in [1.82, 2.24) is 9.80 Å². The van der Waals surface area contributed by atoms with Gasteiger partial charge in [-0.15, -0.1) is 0 Å². The SMILES string of the molecule is O=C(O)[C@@]12CN(Cc3ccc(F)cc3)C[C@@H]1CN(CC1CCC1)C2. The fourth-order valence-electron chi connectivity index (χ4n) is 4.72. The zero-order valence-corrected chi connectivity index (χ0v) is 14.0. The molecule has 1 aromatic rings. The fraction of sp³-hybridized carbons (Fsp3) is 0.632. The Morgan fingerprint density at radius 1 is 1.17 bits per heavy atom. The van der Waals surface area contributed by atoms with E-state index in [1.54, 1.807) is 12.1 Å². The summed E-state index contributed by atoms with van der Waals surface area (Å²) in [5.41, 5.74) is 0.423. The third-order valence-electron chi connectivity index (χ3n) is 6.24. The monoisotopic (exact) mass is 332 g/mol. The Kier molecular flexibility index (Phi) is 4.09. The van der Waals surface area contributed by atoms with Crippen molar-refractivity contribution in [2.75, 3.05) is 32.7 Å². The van der Waals surface area contributed by atoms with Gasteiger partial charge in [0.15, 0.2) is 0 Å². The normalized spacial score (nSPS) is 31.1. The maximum atomic E-state index is 13.0. The molecule has 4 nitrogen and oxygen atoms in total. The van der Waals surface area contributed by atoms with Crippen LogP contribution in [0.25, 0.3) is 0 Å². The number of carboxylic acids is 1. The standard InChI is InChI=1S/C19H25FN2O2/c20-17-6-4-15(5-7-17)9-22-11-16-10-21(8-14-2-1-3-14)12-19(16,13-22)18(23)24/h4-7,14,16H,1-3,8-13H2,(H,23,24)/t16-,19-/m0/s1. The Balaban J connectivity index is 1.42. The van der Waals surface area contributed by atoms with Crippen LogP contribution in [0.2, 0.25) is 0 Å². The van der Waals surface area contributed by atoms with Crippen LogP contribution in [0.15, 0.2) is 24.3 Å². The van der Waals surface area contributed by atoms with Crippen molar-refractivity contribution in [3.8, 4) is 0 Å². The van der Waals surface area contributed by atoms with Gasteiger partial charge in [-0.2, -0.15) is 0 Å². The molecule has 0 radical (unpaired) electrons. The highest BCUT2D eigenvalue weighted by atomic mass is 19.1. The topological polar surface area (TPSA) is 43.8 Å². The summed E-state index contributed by atoms with van der Waals surface area (Å²) >= 11 is 0. The Bertz CT molecular complexity index is 616. The molecule has 24 heavy (non-hydrogen) atoms. The van der Waals surface area contributed by atoms with Gasteiger partial charge in [0.05, 0.1) is 5.41 Å². The van der Waals surface area contributed by atoms with E-state index in [4.69, 9.17) is 0 Å². The molecule has 3 fully saturated rings. The summed E-state index contributed by atoms with van der Waals surface area (Å²) in [7, 11) is 0. The van der Waals surface area contributed by atoms with Crippen LogP contribution in [0, 0.1) is 23.1 Å². The molecular weight excluding hydrogens is 307 g/mol. The maximum Gasteiger partial charge on any atom is 0.312 e. The number of halogens is 1. The van der Waals surface area contributed by atoms with Gasteiger partial charge in [0.1, 0.15) is 5.82 Å². The average Bonchev–Trinajstić information content (AvgIpc) is 3.00. The molecule has 2 heterocycles. The lowest BCUT2D eigenvalue weighted by molar-refractivity contribution is -0.149. The molecule has 0 amide bonds. The van der Waals surface area contributed by atoms with E-state index in [-0.39, 0.29) is 11.7 Å². The van der Waals surface area contributed by atoms with Gasteiger partial charge in [-0.3, -0.25) is 9.69 Å². The van der Waals surface area contributed by atoms with Gasteiger partial charge in [0.2, 0.25) is 0 Å². The predicted molar refractivity (Wildman–Crippen MR) is 89.0 cm³/mol. The van der Waals surface area contributed by atoms with E-state index >= 15 is 0 Å². The van der Waals surface area contributed by atoms with Gasteiger partial charge in [-0.05, 0) is 36.5 Å². The summed E-state index contributed by atoms with van der Waals surface area (Å²) < 4.78 is 13.0. The minimum atomic E-state index is -0.648. The molecule has 130 valence electrons. The summed E-state index contributed by atoms with van der Waals surface area (Å²) in [5, 5.41) is 9.91. The van der Waals surface area contributed by atoms with Crippen molar-refractivity contribution >= 4 is 5.97 Å². The first-order valence-electron chi connectivity index (χ1n) is 8.98. The number of likely N-dealkylation sites (tertiary alicyclic amines) is 2. The first-order valence-corrected chi connectivity index (χ1v) is 8.98. The third-order valence-corrected chi connectivity index (χ3v) is 6.24. The largest absolute Gasteiger partial charge is 0.481 e. The second kappa shape index (κ2) is 6.12. The fourth-order valence-corrected chi connectivity index (χ4v) is 4.72. The zero-order chi connectivity index (χ0) is 16.7. The van der Waals surface area contributed by atoms with Crippen molar-refractivity contribution in [2.24, 2.45) is 17.3 Å². The summed E-state index contributed by atoms with van der Waals surface area (Å²) in [6.45, 7) is 4.79. The van der Waals surface area contributed by atoms with Crippen LogP contribution in [0.3, 0.4) is 0 Å². The van der Waals surface area contributed by atoms with E-state index in [9.17, 15) is 14.3 Å². The van der Waals surface area contributed by atoms with Crippen LogP contribution in [-0.4, -0.2) is 53.6 Å². The van der Waals surface area contributed by atoms with Gasteiger partial charge in [0.25, 0.3) is 0 Å². The molecule has 5 heteroatoms. The smallest absolute Gasteiger partial charge is 0.312 e. The Labute approximate surface area is 142 Å². The van der Waals surface area contributed by atoms with Crippen LogP contribution in [-0.2, 0) is 11.3 Å². The van der Waals surface area contributed by atoms with Gasteiger partial charge in [-0.25, -0.2) is 4.39 Å². The molecule has 1 N–H and O–H groups in total. The Hall–Kier alpha value is -1.46. The number of carbonyl (C=O) groups is 1. The van der Waals surface area contributed by atoms with E-state index in [2.05, 4.69) is 9.80 Å². The van der Waals surface area contributed by atoms with Crippen molar-refractivity contribution in [3.63, 3.8) is 0 Å². The lowest BCUT2D eigenvalue weighted by Gasteiger charge is -2.31. The molecule has 0 bridgehead atoms. The summed E-state index contributed by atoms with van der Waals surface area (Å²) in [6, 6.07) is 6.53. The van der Waals surface area contributed by atoms with Gasteiger partial charge >= 0.3 is 5.97 Å². The van der Waals surface area contributed by atoms with Gasteiger partial charge in [0, 0.05) is 45.2 Å². The number of nitrogens with zero attached hydrogens (tertiary/aromatic N) is 2. The first-order chi connectivity index (χ1) is 11.5. The number of aliphatic carboxylic acids is 1. The molecule has 2 atom stereocenters. The minimum absolute atomic E-state index is 0.204. The van der Waals surface area contributed by atoms with Crippen LogP contribution < -0.4 is 0 Å². The molecule has 2 aliphatic heterocycles. The number of hydrogen-bond donors (Lipinski definition) is 1. The molecule has 3 aliphatic rings. The predicted octanol–water partition coefficient (Wildman–Crippen LogP) is 2.44. The molecule has 1 aromatic carbocycles. The van der Waals surface area contributed by atoms with Gasteiger partial charge in [-0.1, -0.05) is 18.6 Å². The Morgan fingerprint density at radius 2 is 1.83 bits per heavy atom. The Morgan fingerprint density at radius 3 is 2.42 bits per heavy atom. The molecule has 1 saturated carbocycles. The highest BCUT2D eigenvalue weighted by Crippen LogP contribution is 2.44. The summed E-state index contributed by atoms with van der Waals surface area (Å²) in [6.07, 6.45) is 3.94. The minimum Gasteiger partial charge on any atom is -0.481 e. The van der Waals surface area contributed by atoms with E-state index in [0.717, 1.165) is 31.1 Å². The summed E-state index contributed by atoms with van der Waals surface area (Å²) in [4.78, 5) is 16.7. The molecule has 4 rings (SSSR count). The van der Waals surface area contributed by atoms with Gasteiger partial charge < -0.3 is 10.0 Å². The number of fused-ring (bicyclic) bond motifs is 1. The molecule has 0 unspecified atom stereocenters. The molecule has 1 aliphatic carbocycles. The second-order valence-corrected chi connectivity index (χ2v) is 7.95. The van der Waals surface area contributed by atoms with Crippen molar-refractivity contribution in [1.29, 1.82) is 0 Å². The average molecular weight is 332 g/mol. The van der Waals surface area contributed by atoms with E-state index in [1.807, 2.05) is 0 Å². The van der Waals surface area contributed by atoms with E-state index in [1.165, 1.54) is 31.4 Å². The number of carboxylic acid groups (broad SMARTS) is 1. The van der Waals surface area contributed by atoms with E-state index < -0.39 is 11.4 Å². The molecule has 2 saturated heterocycles. The van der Waals surface area contributed by atoms with Crippen LogP contribution in [0.1, 0.15) is 24.8 Å². The molecule has 0 spiro atoms. The van der Waals surface area contributed by atoms with Crippen LogP contribution in [0.5, 0.6) is 0 Å². The maximum absolute atomic E-state index is 13.0. The highest BCUT2D eigenvalue weighted by Gasteiger charge is 2.57. The highest BCUT2D eigenvalue weighted by molar-refractivity contribution is 5.77. The van der Waals surface area contributed by atoms with E-state index in [0.29, 0.717) is 19.6 Å². The van der Waals surface area contributed by atoms with Crippen LogP contribution in [0.4, 0.5) is 4.39 Å². The second-order valence-electron chi connectivity index (χ2n) is 7.95. The third kappa shape index (κ3) is 2.84. The lowest BCUT2D eigenvalue weighted by Crippen LogP contribution is -2.41. The number of rotatable bonds is 5. The van der Waals surface area contributed by atoms with Crippen LogP contribution >= 0.6 is 0 Å². The number of benzene rings is 1. The van der Waals surface area contributed by atoms with Crippen molar-refractivity contribution in [3.05, 3.63) is 35.6 Å². The zero-order valence-electron chi connectivity index (χ0n) is 14.0. The molecular formula is C19H25FN2O2. The van der Waals surface area contributed by atoms with Crippen molar-refractivity contribution < 1.29 is 14.3 Å². The number of hydrogen-bond acceptors (Lipinski definition) is 3. The lowest BCUT2D eigenvalue weighted by atomic mass is 9.81. The first kappa shape index (κ1) is 16.0. The summed E-state index contributed by atoms with van der Waals surface area (Å²) in [5.74, 6) is 0.108.